The molecule has 5 heteroatoms. The molecule has 1 unspecified atom stereocenters. The summed E-state index contributed by atoms with van der Waals surface area (Å²) in [7, 11) is 0. The molecule has 1 aliphatic heterocycles. The normalized spacial score (nSPS) is 19.9. The molecular formula is C6H11Cl2N3. The highest BCUT2D eigenvalue weighted by Crippen LogP contribution is 2.19. The van der Waals surface area contributed by atoms with Crippen LogP contribution in [0.25, 0.3) is 0 Å². The average molecular weight is 196 g/mol. The van der Waals surface area contributed by atoms with Crippen LogP contribution in [0, 0.1) is 0 Å². The van der Waals surface area contributed by atoms with Gasteiger partial charge in [0.05, 0.1) is 6.04 Å². The van der Waals surface area contributed by atoms with Gasteiger partial charge in [-0.2, -0.15) is 0 Å². The number of nitrogens with two attached hydrogens (primary N) is 1. The van der Waals surface area contributed by atoms with E-state index < -0.39 is 0 Å². The van der Waals surface area contributed by atoms with Crippen molar-refractivity contribution in [1.29, 1.82) is 0 Å². The summed E-state index contributed by atoms with van der Waals surface area (Å²) in [5, 5.41) is 0. The van der Waals surface area contributed by atoms with Crippen LogP contribution in [0.5, 0.6) is 0 Å². The van der Waals surface area contributed by atoms with E-state index in [-0.39, 0.29) is 30.9 Å². The number of rotatable bonds is 0. The summed E-state index contributed by atoms with van der Waals surface area (Å²) in [5.74, 6) is 1.04. The molecule has 11 heavy (non-hydrogen) atoms. The number of hydrogen-bond donors (Lipinski definition) is 1. The van der Waals surface area contributed by atoms with Gasteiger partial charge in [0.2, 0.25) is 0 Å². The van der Waals surface area contributed by atoms with E-state index in [2.05, 4.69) is 9.55 Å². The molecule has 0 aromatic carbocycles. The van der Waals surface area contributed by atoms with Crippen molar-refractivity contribution in [2.75, 3.05) is 0 Å². The van der Waals surface area contributed by atoms with Crippen molar-refractivity contribution < 1.29 is 0 Å². The maximum Gasteiger partial charge on any atom is 0.125 e. The maximum atomic E-state index is 5.71. The lowest BCUT2D eigenvalue weighted by atomic mass is 10.3. The highest BCUT2D eigenvalue weighted by Gasteiger charge is 2.18. The van der Waals surface area contributed by atoms with E-state index in [0.29, 0.717) is 0 Å². The lowest BCUT2D eigenvalue weighted by Crippen LogP contribution is -2.06. The van der Waals surface area contributed by atoms with E-state index >= 15 is 0 Å². The van der Waals surface area contributed by atoms with Crippen LogP contribution in [0.1, 0.15) is 18.3 Å². The molecule has 0 saturated carbocycles. The summed E-state index contributed by atoms with van der Waals surface area (Å²) in [5.41, 5.74) is 5.71. The molecule has 64 valence electrons. The van der Waals surface area contributed by atoms with E-state index in [9.17, 15) is 0 Å². The molecule has 0 radical (unpaired) electrons. The third-order valence-corrected chi connectivity index (χ3v) is 1.76. The summed E-state index contributed by atoms with van der Waals surface area (Å²) < 4.78 is 2.10. The summed E-state index contributed by atoms with van der Waals surface area (Å²) in [4.78, 5) is 4.12. The minimum Gasteiger partial charge on any atom is -0.334 e. The molecular weight excluding hydrogens is 185 g/mol. The minimum atomic E-state index is 0. The summed E-state index contributed by atoms with van der Waals surface area (Å²) in [6, 6.07) is 0.181. The highest BCUT2D eigenvalue weighted by atomic mass is 35.5. The third-order valence-electron chi connectivity index (χ3n) is 1.76. The zero-order valence-corrected chi connectivity index (χ0v) is 7.57. The Morgan fingerprint density at radius 3 is 2.91 bits per heavy atom. The van der Waals surface area contributed by atoms with Gasteiger partial charge in [-0.25, -0.2) is 4.98 Å². The number of imidazole rings is 1. The zero-order valence-electron chi connectivity index (χ0n) is 5.93. The van der Waals surface area contributed by atoms with Gasteiger partial charge in [0, 0.05) is 18.9 Å². The van der Waals surface area contributed by atoms with E-state index in [0.717, 1.165) is 18.8 Å². The van der Waals surface area contributed by atoms with Gasteiger partial charge in [-0.05, 0) is 6.42 Å². The van der Waals surface area contributed by atoms with Crippen LogP contribution in [0.15, 0.2) is 12.4 Å². The molecule has 0 saturated heterocycles. The lowest BCUT2D eigenvalue weighted by Gasteiger charge is -1.95. The molecule has 2 heterocycles. The Balaban J connectivity index is 0.000000500. The predicted octanol–water partition coefficient (Wildman–Crippen LogP) is 1.13. The number of aryl methyl sites for hydroxylation is 1. The van der Waals surface area contributed by atoms with Crippen LogP contribution in [0.4, 0.5) is 0 Å². The molecule has 0 bridgehead atoms. The van der Waals surface area contributed by atoms with Gasteiger partial charge in [0.15, 0.2) is 0 Å². The minimum absolute atomic E-state index is 0. The second kappa shape index (κ2) is 3.95. The monoisotopic (exact) mass is 195 g/mol. The van der Waals surface area contributed by atoms with Crippen molar-refractivity contribution in [3.05, 3.63) is 18.2 Å². The molecule has 1 aliphatic rings. The van der Waals surface area contributed by atoms with Crippen molar-refractivity contribution in [3.8, 4) is 0 Å². The van der Waals surface area contributed by atoms with Crippen LogP contribution < -0.4 is 5.73 Å². The van der Waals surface area contributed by atoms with Crippen LogP contribution in [0.3, 0.4) is 0 Å². The van der Waals surface area contributed by atoms with Gasteiger partial charge >= 0.3 is 0 Å². The predicted molar refractivity (Wildman–Crippen MR) is 48.3 cm³/mol. The SMILES string of the molecule is Cl.Cl.NC1CCn2ccnc21. The number of hydrogen-bond acceptors (Lipinski definition) is 2. The second-order valence-electron chi connectivity index (χ2n) is 2.37. The van der Waals surface area contributed by atoms with Gasteiger partial charge in [0.25, 0.3) is 0 Å². The fraction of sp³-hybridized carbons (Fsp3) is 0.500. The van der Waals surface area contributed by atoms with E-state index in [1.165, 1.54) is 0 Å². The smallest absolute Gasteiger partial charge is 0.125 e. The summed E-state index contributed by atoms with van der Waals surface area (Å²) in [6.45, 7) is 1.04. The zero-order chi connectivity index (χ0) is 6.27. The van der Waals surface area contributed by atoms with E-state index in [1.807, 2.05) is 6.20 Å². The Hall–Kier alpha value is -0.250. The molecule has 0 spiro atoms. The van der Waals surface area contributed by atoms with Gasteiger partial charge in [-0.3, -0.25) is 0 Å². The topological polar surface area (TPSA) is 43.8 Å². The fourth-order valence-electron chi connectivity index (χ4n) is 1.25. The molecule has 3 nitrogen and oxygen atoms in total. The number of nitrogens with zero attached hydrogens (tertiary/aromatic N) is 2. The summed E-state index contributed by atoms with van der Waals surface area (Å²) >= 11 is 0. The molecule has 1 atom stereocenters. The Bertz CT molecular complexity index is 223. The van der Waals surface area contributed by atoms with Crippen LogP contribution in [0.2, 0.25) is 0 Å². The number of aromatic nitrogens is 2. The van der Waals surface area contributed by atoms with Crippen molar-refractivity contribution in [1.82, 2.24) is 9.55 Å². The molecule has 2 N–H and O–H groups in total. The first-order chi connectivity index (χ1) is 4.38. The van der Waals surface area contributed by atoms with E-state index in [1.54, 1.807) is 6.20 Å². The van der Waals surface area contributed by atoms with Gasteiger partial charge < -0.3 is 10.3 Å². The lowest BCUT2D eigenvalue weighted by molar-refractivity contribution is 0.678. The Labute approximate surface area is 77.8 Å². The first-order valence-electron chi connectivity index (χ1n) is 3.14. The first-order valence-corrected chi connectivity index (χ1v) is 3.14. The van der Waals surface area contributed by atoms with Crippen molar-refractivity contribution in [2.45, 2.75) is 19.0 Å². The Kier molecular flexibility index (Phi) is 3.86. The standard InChI is InChI=1S/C6H9N3.2ClH/c7-5-1-3-9-4-2-8-6(5)9;;/h2,4-5H,1,3,7H2;2*1H. The molecule has 1 aromatic heterocycles. The van der Waals surface area contributed by atoms with E-state index in [4.69, 9.17) is 5.73 Å². The largest absolute Gasteiger partial charge is 0.334 e. The first kappa shape index (κ1) is 10.8. The Morgan fingerprint density at radius 1 is 1.55 bits per heavy atom. The van der Waals surface area contributed by atoms with Crippen molar-refractivity contribution in [2.24, 2.45) is 5.73 Å². The quantitative estimate of drug-likeness (QED) is 0.675. The van der Waals surface area contributed by atoms with Crippen LogP contribution in [-0.2, 0) is 6.54 Å². The highest BCUT2D eigenvalue weighted by molar-refractivity contribution is 5.85. The van der Waals surface area contributed by atoms with Crippen molar-refractivity contribution >= 4 is 24.8 Å². The van der Waals surface area contributed by atoms with Gasteiger partial charge in [-0.1, -0.05) is 0 Å². The van der Waals surface area contributed by atoms with Gasteiger partial charge in [-0.15, -0.1) is 24.8 Å². The summed E-state index contributed by atoms with van der Waals surface area (Å²) in [6.07, 6.45) is 4.82. The van der Waals surface area contributed by atoms with Crippen LogP contribution >= 0.6 is 24.8 Å². The molecule has 0 fully saturated rings. The number of halogens is 2. The average Bonchev–Trinajstić information content (AvgIpc) is 2.35. The fourth-order valence-corrected chi connectivity index (χ4v) is 1.25. The molecule has 0 amide bonds. The number of fused-ring (bicyclic) bond motifs is 1. The molecule has 2 rings (SSSR count). The van der Waals surface area contributed by atoms with Gasteiger partial charge in [0.1, 0.15) is 5.82 Å². The van der Waals surface area contributed by atoms with Crippen molar-refractivity contribution in [3.63, 3.8) is 0 Å². The second-order valence-corrected chi connectivity index (χ2v) is 2.37. The Morgan fingerprint density at radius 2 is 2.27 bits per heavy atom. The maximum absolute atomic E-state index is 5.71. The molecule has 1 aromatic rings. The van der Waals surface area contributed by atoms with Crippen LogP contribution in [-0.4, -0.2) is 9.55 Å². The third kappa shape index (κ3) is 1.67. The molecule has 0 aliphatic carbocycles.